The van der Waals surface area contributed by atoms with Gasteiger partial charge in [-0.1, -0.05) is 26.8 Å². The number of carbonyl (C=O) groups is 1. The summed E-state index contributed by atoms with van der Waals surface area (Å²) in [6, 6.07) is 11.6. The van der Waals surface area contributed by atoms with Gasteiger partial charge in [-0.2, -0.15) is 0 Å². The van der Waals surface area contributed by atoms with Gasteiger partial charge in [-0.05, 0) is 92.9 Å². The SMILES string of the molecule is CCC(=O)CN1CCC(c2ccc3[nH]c(-c4cc(C)nc(C5CC5)c4)c(C(C)C)c3c2)CC1. The molecular weight excluding hydrogens is 406 g/mol. The first-order valence-electron chi connectivity index (χ1n) is 12.8. The zero-order chi connectivity index (χ0) is 23.1. The molecule has 5 rings (SSSR count). The monoisotopic (exact) mass is 443 g/mol. The van der Waals surface area contributed by atoms with Crippen LogP contribution in [0.25, 0.3) is 22.2 Å². The highest BCUT2D eigenvalue weighted by molar-refractivity contribution is 5.92. The number of H-pyrrole nitrogens is 1. The van der Waals surface area contributed by atoms with E-state index in [1.807, 2.05) is 6.92 Å². The molecule has 2 aromatic heterocycles. The molecule has 2 aliphatic rings. The first kappa shape index (κ1) is 22.3. The van der Waals surface area contributed by atoms with Crippen molar-refractivity contribution in [2.45, 2.75) is 77.6 Å². The minimum Gasteiger partial charge on any atom is -0.354 e. The van der Waals surface area contributed by atoms with Crippen LogP contribution in [0.5, 0.6) is 0 Å². The molecule has 4 heteroatoms. The molecule has 0 radical (unpaired) electrons. The topological polar surface area (TPSA) is 49.0 Å². The summed E-state index contributed by atoms with van der Waals surface area (Å²) < 4.78 is 0. The summed E-state index contributed by atoms with van der Waals surface area (Å²) in [4.78, 5) is 22.7. The maximum atomic E-state index is 11.8. The number of nitrogens with one attached hydrogen (secondary N) is 1. The Balaban J connectivity index is 1.46. The molecule has 0 atom stereocenters. The molecule has 1 N–H and O–H groups in total. The molecule has 1 aliphatic heterocycles. The maximum Gasteiger partial charge on any atom is 0.146 e. The van der Waals surface area contributed by atoms with Gasteiger partial charge in [-0.15, -0.1) is 0 Å². The molecule has 3 heterocycles. The molecule has 33 heavy (non-hydrogen) atoms. The lowest BCUT2D eigenvalue weighted by Crippen LogP contribution is -2.36. The van der Waals surface area contributed by atoms with E-state index in [0.29, 0.717) is 36.5 Å². The minimum atomic E-state index is 0.354. The molecular formula is C29H37N3O. The molecule has 3 aromatic rings. The predicted molar refractivity (Wildman–Crippen MR) is 136 cm³/mol. The first-order chi connectivity index (χ1) is 15.9. The molecule has 4 nitrogen and oxygen atoms in total. The van der Waals surface area contributed by atoms with Crippen LogP contribution in [-0.4, -0.2) is 40.3 Å². The fraction of sp³-hybridized carbons (Fsp3) is 0.517. The Hall–Kier alpha value is -2.46. The largest absolute Gasteiger partial charge is 0.354 e. The summed E-state index contributed by atoms with van der Waals surface area (Å²) in [5, 5.41) is 1.36. The van der Waals surface area contributed by atoms with Crippen molar-refractivity contribution in [3.63, 3.8) is 0 Å². The first-order valence-corrected chi connectivity index (χ1v) is 12.8. The zero-order valence-electron chi connectivity index (χ0n) is 20.6. The number of nitrogens with zero attached hydrogens (tertiary/aromatic N) is 2. The van der Waals surface area contributed by atoms with Gasteiger partial charge in [-0.25, -0.2) is 0 Å². The van der Waals surface area contributed by atoms with Gasteiger partial charge >= 0.3 is 0 Å². The van der Waals surface area contributed by atoms with Gasteiger partial charge in [0.1, 0.15) is 5.78 Å². The smallest absolute Gasteiger partial charge is 0.146 e. The van der Waals surface area contributed by atoms with E-state index in [4.69, 9.17) is 4.98 Å². The highest BCUT2D eigenvalue weighted by Crippen LogP contribution is 2.42. The molecule has 1 aromatic carbocycles. The minimum absolute atomic E-state index is 0.354. The van der Waals surface area contributed by atoms with E-state index in [0.717, 1.165) is 31.6 Å². The molecule has 2 fully saturated rings. The number of aromatic nitrogens is 2. The van der Waals surface area contributed by atoms with Crippen LogP contribution < -0.4 is 0 Å². The lowest BCUT2D eigenvalue weighted by atomic mass is 9.87. The molecule has 0 unspecified atom stereocenters. The van der Waals surface area contributed by atoms with Crippen LogP contribution in [0.2, 0.25) is 0 Å². The Labute approximate surface area is 197 Å². The van der Waals surface area contributed by atoms with Crippen molar-refractivity contribution in [3.8, 4) is 11.3 Å². The maximum absolute atomic E-state index is 11.8. The van der Waals surface area contributed by atoms with E-state index < -0.39 is 0 Å². The number of pyridine rings is 1. The third-order valence-electron chi connectivity index (χ3n) is 7.55. The van der Waals surface area contributed by atoms with E-state index in [1.165, 1.54) is 51.8 Å². The second-order valence-corrected chi connectivity index (χ2v) is 10.5. The number of hydrogen-bond donors (Lipinski definition) is 1. The number of likely N-dealkylation sites (tertiary alicyclic amines) is 1. The Kier molecular flexibility index (Phi) is 6.13. The summed E-state index contributed by atoms with van der Waals surface area (Å²) in [6.45, 7) is 11.3. The Morgan fingerprint density at radius 3 is 2.52 bits per heavy atom. The van der Waals surface area contributed by atoms with Crippen LogP contribution in [0, 0.1) is 6.92 Å². The van der Waals surface area contributed by atoms with Crippen LogP contribution in [0.15, 0.2) is 30.3 Å². The number of piperidine rings is 1. The van der Waals surface area contributed by atoms with Gasteiger partial charge in [0.05, 0.1) is 12.2 Å². The van der Waals surface area contributed by atoms with E-state index in [-0.39, 0.29) is 0 Å². The quantitative estimate of drug-likeness (QED) is 0.442. The third kappa shape index (κ3) is 4.63. The van der Waals surface area contributed by atoms with E-state index in [9.17, 15) is 4.79 Å². The number of fused-ring (bicyclic) bond motifs is 1. The van der Waals surface area contributed by atoms with Crippen LogP contribution >= 0.6 is 0 Å². The van der Waals surface area contributed by atoms with Crippen LogP contribution in [-0.2, 0) is 4.79 Å². The summed E-state index contributed by atoms with van der Waals surface area (Å²) in [6.07, 6.45) is 5.45. The molecule has 0 amide bonds. The number of hydrogen-bond acceptors (Lipinski definition) is 3. The number of ketones is 1. The third-order valence-corrected chi connectivity index (χ3v) is 7.55. The zero-order valence-corrected chi connectivity index (χ0v) is 20.6. The predicted octanol–water partition coefficient (Wildman–Crippen LogP) is 6.70. The van der Waals surface area contributed by atoms with Gasteiger partial charge in [0.15, 0.2) is 0 Å². The molecule has 1 aliphatic carbocycles. The van der Waals surface area contributed by atoms with Gasteiger partial charge in [0, 0.05) is 40.2 Å². The average Bonchev–Trinajstić information content (AvgIpc) is 3.58. The van der Waals surface area contributed by atoms with Gasteiger partial charge in [0.2, 0.25) is 0 Å². The number of aryl methyl sites for hydroxylation is 1. The molecule has 0 bridgehead atoms. The number of benzene rings is 1. The lowest BCUT2D eigenvalue weighted by Gasteiger charge is -2.31. The van der Waals surface area contributed by atoms with Crippen LogP contribution in [0.1, 0.15) is 93.1 Å². The number of Topliss-reactive ketones (excluding diaryl/α,β-unsaturated/α-hetero) is 1. The average molecular weight is 444 g/mol. The number of aromatic amines is 1. The highest BCUT2D eigenvalue weighted by Gasteiger charge is 2.27. The van der Waals surface area contributed by atoms with E-state index >= 15 is 0 Å². The van der Waals surface area contributed by atoms with Crippen molar-refractivity contribution in [2.75, 3.05) is 19.6 Å². The van der Waals surface area contributed by atoms with E-state index in [1.54, 1.807) is 0 Å². The second-order valence-electron chi connectivity index (χ2n) is 10.5. The fourth-order valence-electron chi connectivity index (χ4n) is 5.52. The number of carbonyl (C=O) groups excluding carboxylic acids is 1. The molecule has 1 saturated carbocycles. The standard InChI is InChI=1S/C29H37N3O/c1-5-24(33)17-32-12-10-20(11-13-32)22-8-9-26-25(15-22)28(18(2)3)29(31-26)23-14-19(4)30-27(16-23)21-6-7-21/h8-9,14-16,18,20-21,31H,5-7,10-13,17H2,1-4H3. The molecule has 174 valence electrons. The summed E-state index contributed by atoms with van der Waals surface area (Å²) >= 11 is 0. The summed E-state index contributed by atoms with van der Waals surface area (Å²) in [5.74, 6) is 2.02. The van der Waals surface area contributed by atoms with E-state index in [2.05, 4.69) is 61.0 Å². The second kappa shape index (κ2) is 9.06. The van der Waals surface area contributed by atoms with Crippen molar-refractivity contribution in [3.05, 3.63) is 52.8 Å². The van der Waals surface area contributed by atoms with Gasteiger partial charge in [-0.3, -0.25) is 14.7 Å². The Morgan fingerprint density at radius 1 is 1.09 bits per heavy atom. The Bertz CT molecular complexity index is 1160. The van der Waals surface area contributed by atoms with Gasteiger partial charge in [0.25, 0.3) is 0 Å². The van der Waals surface area contributed by atoms with Gasteiger partial charge < -0.3 is 4.98 Å². The normalized spacial score (nSPS) is 17.8. The van der Waals surface area contributed by atoms with Crippen LogP contribution in [0.4, 0.5) is 0 Å². The van der Waals surface area contributed by atoms with Crippen LogP contribution in [0.3, 0.4) is 0 Å². The molecule has 1 saturated heterocycles. The molecule has 0 spiro atoms. The Morgan fingerprint density at radius 2 is 1.85 bits per heavy atom. The van der Waals surface area contributed by atoms with Crippen molar-refractivity contribution in [1.82, 2.24) is 14.9 Å². The summed E-state index contributed by atoms with van der Waals surface area (Å²) in [7, 11) is 0. The van der Waals surface area contributed by atoms with Crippen molar-refractivity contribution >= 4 is 16.7 Å². The van der Waals surface area contributed by atoms with Crippen molar-refractivity contribution < 1.29 is 4.79 Å². The van der Waals surface area contributed by atoms with Crippen molar-refractivity contribution in [2.24, 2.45) is 0 Å². The highest BCUT2D eigenvalue weighted by atomic mass is 16.1. The number of rotatable bonds is 7. The lowest BCUT2D eigenvalue weighted by molar-refractivity contribution is -0.120. The van der Waals surface area contributed by atoms with Crippen molar-refractivity contribution in [1.29, 1.82) is 0 Å². The fourth-order valence-corrected chi connectivity index (χ4v) is 5.52. The summed E-state index contributed by atoms with van der Waals surface area (Å²) in [5.41, 5.74) is 9.00.